The predicted molar refractivity (Wildman–Crippen MR) is 67.3 cm³/mol. The number of hydrogen-bond acceptors (Lipinski definition) is 5. The van der Waals surface area contributed by atoms with Gasteiger partial charge in [0.2, 0.25) is 6.79 Å². The molecule has 5 nitrogen and oxygen atoms in total. The van der Waals surface area contributed by atoms with E-state index in [0.29, 0.717) is 6.79 Å². The average molecular weight is 250 g/mol. The van der Waals surface area contributed by atoms with Crippen molar-refractivity contribution < 1.29 is 14.2 Å². The summed E-state index contributed by atoms with van der Waals surface area (Å²) in [5.41, 5.74) is 1.14. The van der Waals surface area contributed by atoms with Crippen molar-refractivity contribution in [2.75, 3.05) is 40.1 Å². The summed E-state index contributed by atoms with van der Waals surface area (Å²) in [5.74, 6) is 2.48. The van der Waals surface area contributed by atoms with Crippen LogP contribution in [0.25, 0.3) is 0 Å². The third-order valence-corrected chi connectivity index (χ3v) is 3.36. The first kappa shape index (κ1) is 11.6. The highest BCUT2D eigenvalue weighted by Gasteiger charge is 2.21. The van der Waals surface area contributed by atoms with Crippen LogP contribution in [0.4, 0.5) is 0 Å². The SMILES string of the molecule is COc1cc(CN2CCNCC2)c2c(c1)OCO2. The number of piperazine rings is 1. The molecular formula is C13H18N2O3. The van der Waals surface area contributed by atoms with Crippen LogP contribution in [-0.4, -0.2) is 45.0 Å². The van der Waals surface area contributed by atoms with E-state index in [0.717, 1.165) is 55.5 Å². The van der Waals surface area contributed by atoms with E-state index in [4.69, 9.17) is 14.2 Å². The van der Waals surface area contributed by atoms with Crippen molar-refractivity contribution in [3.8, 4) is 17.2 Å². The lowest BCUT2D eigenvalue weighted by Crippen LogP contribution is -2.42. The molecule has 1 aromatic rings. The number of methoxy groups -OCH3 is 1. The van der Waals surface area contributed by atoms with Crippen molar-refractivity contribution in [1.29, 1.82) is 0 Å². The monoisotopic (exact) mass is 250 g/mol. The molecule has 2 aliphatic heterocycles. The molecule has 0 unspecified atom stereocenters. The number of rotatable bonds is 3. The molecule has 2 heterocycles. The van der Waals surface area contributed by atoms with Crippen LogP contribution in [0.15, 0.2) is 12.1 Å². The first-order valence-electron chi connectivity index (χ1n) is 6.26. The van der Waals surface area contributed by atoms with Gasteiger partial charge in [0, 0.05) is 44.4 Å². The maximum Gasteiger partial charge on any atom is 0.231 e. The second kappa shape index (κ2) is 5.04. The number of fused-ring (bicyclic) bond motifs is 1. The molecule has 3 rings (SSSR count). The fraction of sp³-hybridized carbons (Fsp3) is 0.538. The maximum atomic E-state index is 5.55. The molecule has 18 heavy (non-hydrogen) atoms. The van der Waals surface area contributed by atoms with E-state index in [1.54, 1.807) is 7.11 Å². The average Bonchev–Trinajstić information content (AvgIpc) is 2.88. The molecule has 0 saturated carbocycles. The van der Waals surface area contributed by atoms with E-state index in [1.165, 1.54) is 0 Å². The Hall–Kier alpha value is -1.46. The lowest BCUT2D eigenvalue weighted by Gasteiger charge is -2.27. The summed E-state index contributed by atoms with van der Waals surface area (Å²) >= 11 is 0. The van der Waals surface area contributed by atoms with Gasteiger partial charge in [0.05, 0.1) is 7.11 Å². The van der Waals surface area contributed by atoms with Crippen molar-refractivity contribution in [3.63, 3.8) is 0 Å². The van der Waals surface area contributed by atoms with E-state index in [1.807, 2.05) is 12.1 Å². The van der Waals surface area contributed by atoms with Gasteiger partial charge in [-0.1, -0.05) is 0 Å². The van der Waals surface area contributed by atoms with Crippen LogP contribution in [0.5, 0.6) is 17.2 Å². The van der Waals surface area contributed by atoms with Crippen molar-refractivity contribution in [1.82, 2.24) is 10.2 Å². The van der Waals surface area contributed by atoms with Gasteiger partial charge >= 0.3 is 0 Å². The summed E-state index contributed by atoms with van der Waals surface area (Å²) in [7, 11) is 1.67. The number of nitrogens with zero attached hydrogens (tertiary/aromatic N) is 1. The van der Waals surface area contributed by atoms with Crippen LogP contribution < -0.4 is 19.5 Å². The first-order valence-corrected chi connectivity index (χ1v) is 6.26. The minimum atomic E-state index is 0.303. The second-order valence-electron chi connectivity index (χ2n) is 4.55. The van der Waals surface area contributed by atoms with Crippen LogP contribution in [0, 0.1) is 0 Å². The molecule has 0 aromatic heterocycles. The molecule has 2 aliphatic rings. The summed E-state index contributed by atoms with van der Waals surface area (Å²) < 4.78 is 16.3. The largest absolute Gasteiger partial charge is 0.497 e. The Balaban J connectivity index is 1.83. The Kier molecular flexibility index (Phi) is 3.25. The highest BCUT2D eigenvalue weighted by atomic mass is 16.7. The minimum Gasteiger partial charge on any atom is -0.497 e. The van der Waals surface area contributed by atoms with Crippen molar-refractivity contribution in [2.45, 2.75) is 6.54 Å². The second-order valence-corrected chi connectivity index (χ2v) is 4.55. The van der Waals surface area contributed by atoms with E-state index >= 15 is 0 Å². The Morgan fingerprint density at radius 1 is 1.28 bits per heavy atom. The molecule has 0 aliphatic carbocycles. The zero-order valence-electron chi connectivity index (χ0n) is 10.6. The molecule has 98 valence electrons. The highest BCUT2D eigenvalue weighted by molar-refractivity contribution is 5.53. The number of benzene rings is 1. The van der Waals surface area contributed by atoms with Gasteiger partial charge < -0.3 is 19.5 Å². The summed E-state index contributed by atoms with van der Waals surface area (Å²) in [6, 6.07) is 3.92. The lowest BCUT2D eigenvalue weighted by molar-refractivity contribution is 0.171. The Morgan fingerprint density at radius 3 is 2.89 bits per heavy atom. The first-order chi connectivity index (χ1) is 8.86. The van der Waals surface area contributed by atoms with E-state index in [9.17, 15) is 0 Å². The summed E-state index contributed by atoms with van der Waals surface area (Å²) in [6.45, 7) is 5.40. The van der Waals surface area contributed by atoms with E-state index in [-0.39, 0.29) is 0 Å². The molecule has 0 amide bonds. The molecule has 1 saturated heterocycles. The molecule has 0 bridgehead atoms. The van der Waals surface area contributed by atoms with Gasteiger partial charge in [-0.15, -0.1) is 0 Å². The molecular weight excluding hydrogens is 232 g/mol. The lowest BCUT2D eigenvalue weighted by atomic mass is 10.1. The third-order valence-electron chi connectivity index (χ3n) is 3.36. The molecule has 0 atom stereocenters. The summed E-state index contributed by atoms with van der Waals surface area (Å²) in [4.78, 5) is 2.41. The normalized spacial score (nSPS) is 18.9. The standard InChI is InChI=1S/C13H18N2O3/c1-16-11-6-10(8-15-4-2-14-3-5-15)13-12(7-11)17-9-18-13/h6-7,14H,2-5,8-9H2,1H3. The quantitative estimate of drug-likeness (QED) is 0.860. The Labute approximate surface area is 107 Å². The minimum absolute atomic E-state index is 0.303. The fourth-order valence-corrected chi connectivity index (χ4v) is 2.40. The number of nitrogens with one attached hydrogen (secondary N) is 1. The molecule has 1 aromatic carbocycles. The van der Waals surface area contributed by atoms with E-state index in [2.05, 4.69) is 10.2 Å². The number of hydrogen-bond donors (Lipinski definition) is 1. The molecule has 0 radical (unpaired) electrons. The van der Waals surface area contributed by atoms with Gasteiger partial charge in [-0.25, -0.2) is 0 Å². The van der Waals surface area contributed by atoms with Crippen molar-refractivity contribution in [2.24, 2.45) is 0 Å². The maximum absolute atomic E-state index is 5.55. The van der Waals surface area contributed by atoms with Crippen molar-refractivity contribution >= 4 is 0 Å². The van der Waals surface area contributed by atoms with Gasteiger partial charge in [-0.2, -0.15) is 0 Å². The smallest absolute Gasteiger partial charge is 0.231 e. The van der Waals surface area contributed by atoms with Crippen LogP contribution in [-0.2, 0) is 6.54 Å². The van der Waals surface area contributed by atoms with Gasteiger partial charge in [-0.05, 0) is 6.07 Å². The zero-order chi connectivity index (χ0) is 12.4. The Bertz CT molecular complexity index is 430. The Morgan fingerprint density at radius 2 is 2.11 bits per heavy atom. The molecule has 0 spiro atoms. The van der Waals surface area contributed by atoms with Crippen LogP contribution >= 0.6 is 0 Å². The number of ether oxygens (including phenoxy) is 3. The highest BCUT2D eigenvalue weighted by Crippen LogP contribution is 2.39. The zero-order valence-corrected chi connectivity index (χ0v) is 10.6. The van der Waals surface area contributed by atoms with Gasteiger partial charge in [-0.3, -0.25) is 4.90 Å². The topological polar surface area (TPSA) is 43.0 Å². The molecule has 5 heteroatoms. The molecule has 1 fully saturated rings. The van der Waals surface area contributed by atoms with Crippen LogP contribution in [0.3, 0.4) is 0 Å². The van der Waals surface area contributed by atoms with E-state index < -0.39 is 0 Å². The van der Waals surface area contributed by atoms with Gasteiger partial charge in [0.25, 0.3) is 0 Å². The summed E-state index contributed by atoms with van der Waals surface area (Å²) in [6.07, 6.45) is 0. The predicted octanol–water partition coefficient (Wildman–Crippen LogP) is 0.829. The van der Waals surface area contributed by atoms with Crippen LogP contribution in [0.1, 0.15) is 5.56 Å². The summed E-state index contributed by atoms with van der Waals surface area (Å²) in [5, 5.41) is 3.35. The molecule has 1 N–H and O–H groups in total. The van der Waals surface area contributed by atoms with Gasteiger partial charge in [0.15, 0.2) is 11.5 Å². The fourth-order valence-electron chi connectivity index (χ4n) is 2.40. The van der Waals surface area contributed by atoms with Crippen molar-refractivity contribution in [3.05, 3.63) is 17.7 Å². The van der Waals surface area contributed by atoms with Gasteiger partial charge in [0.1, 0.15) is 5.75 Å². The third kappa shape index (κ3) is 2.23. The van der Waals surface area contributed by atoms with Crippen LogP contribution in [0.2, 0.25) is 0 Å².